The van der Waals surface area contributed by atoms with Gasteiger partial charge in [0.15, 0.2) is 0 Å². The summed E-state index contributed by atoms with van der Waals surface area (Å²) in [5.41, 5.74) is 2.43. The molecule has 0 aromatic carbocycles. The molecule has 3 aliphatic carbocycles. The summed E-state index contributed by atoms with van der Waals surface area (Å²) in [6, 6.07) is 0. The highest BCUT2D eigenvalue weighted by molar-refractivity contribution is 5.26. The lowest BCUT2D eigenvalue weighted by molar-refractivity contribution is 0.0436. The molecule has 0 saturated heterocycles. The predicted molar refractivity (Wildman–Crippen MR) is 124 cm³/mol. The van der Waals surface area contributed by atoms with E-state index in [1.54, 1.807) is 5.57 Å². The number of rotatable bonds is 5. The summed E-state index contributed by atoms with van der Waals surface area (Å²) < 4.78 is 0. The van der Waals surface area contributed by atoms with E-state index in [-0.39, 0.29) is 5.92 Å². The molecule has 0 aliphatic heterocycles. The van der Waals surface area contributed by atoms with Crippen LogP contribution in [0.1, 0.15) is 86.0 Å². The zero-order valence-electron chi connectivity index (χ0n) is 19.8. The van der Waals surface area contributed by atoms with Gasteiger partial charge in [-0.05, 0) is 88.4 Å². The number of hydrogen-bond donors (Lipinski definition) is 3. The van der Waals surface area contributed by atoms with Crippen molar-refractivity contribution in [2.45, 2.75) is 104 Å². The van der Waals surface area contributed by atoms with Gasteiger partial charge in [0.25, 0.3) is 0 Å². The summed E-state index contributed by atoms with van der Waals surface area (Å²) in [5.74, 6) is 2.00. The van der Waals surface area contributed by atoms with Crippen molar-refractivity contribution in [2.24, 2.45) is 29.1 Å². The molecule has 170 valence electrons. The van der Waals surface area contributed by atoms with Gasteiger partial charge in [-0.3, -0.25) is 0 Å². The minimum absolute atomic E-state index is 0.152. The minimum Gasteiger partial charge on any atom is -0.393 e. The van der Waals surface area contributed by atoms with Crippen LogP contribution in [0.4, 0.5) is 0 Å². The summed E-state index contributed by atoms with van der Waals surface area (Å²) in [7, 11) is 0. The van der Waals surface area contributed by atoms with E-state index in [4.69, 9.17) is 0 Å². The van der Waals surface area contributed by atoms with Crippen LogP contribution in [-0.2, 0) is 0 Å². The maximum absolute atomic E-state index is 10.2. The third-order valence-electron chi connectivity index (χ3n) is 8.56. The lowest BCUT2D eigenvalue weighted by Crippen LogP contribution is -2.35. The van der Waals surface area contributed by atoms with Gasteiger partial charge in [0, 0.05) is 5.92 Å². The normalized spacial score (nSPS) is 38.7. The maximum Gasteiger partial charge on any atom is 0.0651 e. The van der Waals surface area contributed by atoms with Gasteiger partial charge in [-0.25, -0.2) is 0 Å². The molecule has 7 atom stereocenters. The number of aliphatic hydroxyl groups is 3. The zero-order chi connectivity index (χ0) is 22.1. The molecule has 0 amide bonds. The Kier molecular flexibility index (Phi) is 7.37. The number of hydrogen-bond acceptors (Lipinski definition) is 3. The van der Waals surface area contributed by atoms with E-state index in [1.807, 2.05) is 13.8 Å². The van der Waals surface area contributed by atoms with Crippen molar-refractivity contribution in [3.05, 3.63) is 35.5 Å². The van der Waals surface area contributed by atoms with Crippen molar-refractivity contribution in [2.75, 3.05) is 0 Å². The van der Waals surface area contributed by atoms with Crippen LogP contribution in [0, 0.1) is 29.1 Å². The molecule has 3 rings (SSSR count). The van der Waals surface area contributed by atoms with Crippen molar-refractivity contribution in [1.82, 2.24) is 0 Å². The van der Waals surface area contributed by atoms with Crippen molar-refractivity contribution in [3.8, 4) is 0 Å². The molecule has 30 heavy (non-hydrogen) atoms. The predicted octanol–water partition coefficient (Wildman–Crippen LogP) is 5.56. The lowest BCUT2D eigenvalue weighted by Gasteiger charge is -2.44. The van der Waals surface area contributed by atoms with Crippen molar-refractivity contribution in [3.63, 3.8) is 0 Å². The fourth-order valence-electron chi connectivity index (χ4n) is 6.39. The van der Waals surface area contributed by atoms with Gasteiger partial charge in [-0.15, -0.1) is 0 Å². The second-order valence-electron chi connectivity index (χ2n) is 11.3. The largest absolute Gasteiger partial charge is 0.393 e. The summed E-state index contributed by atoms with van der Waals surface area (Å²) in [4.78, 5) is 0. The first kappa shape index (κ1) is 23.8. The lowest BCUT2D eigenvalue weighted by atomic mass is 9.61. The standard InChI is InChI=1S/C27H44O3/c1-18(8-9-19(2)26(3,4)30)24-12-13-25-21(7-6-14-27(24,25)5)11-10-20-15-22(28)17-23(29)16-20/h8-11,18-19,22-25,28-30H,6-7,12-17H2,1-5H3/b9-8?,21-11-/t18-,19+,22-,23-,24-,25+,27-/m1/s1. The van der Waals surface area contributed by atoms with E-state index in [1.165, 1.54) is 37.7 Å². The Hall–Kier alpha value is -0.900. The topological polar surface area (TPSA) is 60.7 Å². The van der Waals surface area contributed by atoms with Gasteiger partial charge < -0.3 is 15.3 Å². The van der Waals surface area contributed by atoms with Crippen LogP contribution in [0.2, 0.25) is 0 Å². The molecule has 0 heterocycles. The number of fused-ring (bicyclic) bond motifs is 1. The van der Waals surface area contributed by atoms with Crippen LogP contribution in [0.15, 0.2) is 35.5 Å². The molecule has 3 fully saturated rings. The average molecular weight is 417 g/mol. The summed E-state index contributed by atoms with van der Waals surface area (Å²) in [5, 5.41) is 30.2. The highest BCUT2D eigenvalue weighted by Gasteiger charge is 2.50. The summed E-state index contributed by atoms with van der Waals surface area (Å²) in [6.07, 6.45) is 16.5. The first-order valence-electron chi connectivity index (χ1n) is 12.2. The van der Waals surface area contributed by atoms with E-state index < -0.39 is 17.8 Å². The molecular formula is C27H44O3. The molecule has 3 N–H and O–H groups in total. The monoisotopic (exact) mass is 416 g/mol. The molecule has 0 radical (unpaired) electrons. The van der Waals surface area contributed by atoms with Gasteiger partial charge in [0.2, 0.25) is 0 Å². The Morgan fingerprint density at radius 3 is 2.33 bits per heavy atom. The zero-order valence-corrected chi connectivity index (χ0v) is 19.8. The van der Waals surface area contributed by atoms with Gasteiger partial charge in [0.1, 0.15) is 0 Å². The molecule has 3 aliphatic rings. The third kappa shape index (κ3) is 5.29. The van der Waals surface area contributed by atoms with Gasteiger partial charge in [-0.2, -0.15) is 0 Å². The van der Waals surface area contributed by atoms with Crippen molar-refractivity contribution in [1.29, 1.82) is 0 Å². The third-order valence-corrected chi connectivity index (χ3v) is 8.56. The van der Waals surface area contributed by atoms with Gasteiger partial charge in [0.05, 0.1) is 17.8 Å². The van der Waals surface area contributed by atoms with E-state index in [2.05, 4.69) is 45.1 Å². The van der Waals surface area contributed by atoms with Crippen LogP contribution in [0.5, 0.6) is 0 Å². The van der Waals surface area contributed by atoms with Crippen LogP contribution < -0.4 is 0 Å². The number of allylic oxidation sites excluding steroid dienone is 4. The Balaban J connectivity index is 1.73. The Morgan fingerprint density at radius 1 is 1.03 bits per heavy atom. The summed E-state index contributed by atoms with van der Waals surface area (Å²) in [6.45, 7) is 10.7. The first-order valence-corrected chi connectivity index (χ1v) is 12.2. The molecule has 0 unspecified atom stereocenters. The highest BCUT2D eigenvalue weighted by atomic mass is 16.3. The van der Waals surface area contributed by atoms with Gasteiger partial charge in [-0.1, -0.05) is 56.2 Å². The average Bonchev–Trinajstić information content (AvgIpc) is 3.00. The first-order chi connectivity index (χ1) is 14.0. The quantitative estimate of drug-likeness (QED) is 0.514. The molecule has 3 heteroatoms. The smallest absolute Gasteiger partial charge is 0.0651 e. The van der Waals surface area contributed by atoms with E-state index in [0.29, 0.717) is 42.4 Å². The second kappa shape index (κ2) is 9.30. The Labute approximate surface area is 184 Å². The van der Waals surface area contributed by atoms with E-state index in [9.17, 15) is 15.3 Å². The second-order valence-corrected chi connectivity index (χ2v) is 11.3. The van der Waals surface area contributed by atoms with Crippen LogP contribution >= 0.6 is 0 Å². The van der Waals surface area contributed by atoms with E-state index in [0.717, 1.165) is 0 Å². The molecule has 0 spiro atoms. The van der Waals surface area contributed by atoms with E-state index >= 15 is 0 Å². The molecule has 3 saturated carbocycles. The highest BCUT2D eigenvalue weighted by Crippen LogP contribution is 2.59. The van der Waals surface area contributed by atoms with Crippen LogP contribution in [0.25, 0.3) is 0 Å². The van der Waals surface area contributed by atoms with Crippen LogP contribution in [-0.4, -0.2) is 33.1 Å². The molecule has 0 bridgehead atoms. The molecule has 0 aromatic heterocycles. The maximum atomic E-state index is 10.2. The van der Waals surface area contributed by atoms with Gasteiger partial charge >= 0.3 is 0 Å². The molecular weight excluding hydrogens is 372 g/mol. The summed E-state index contributed by atoms with van der Waals surface area (Å²) >= 11 is 0. The SMILES string of the molecule is C[C@H](C=C[C@H](C)C(C)(C)O)[C@H]1CC[C@H]2/C(=C\C=C3C[C@@H](O)C[C@H](O)C3)CCC[C@]12C. The number of aliphatic hydroxyl groups excluding tert-OH is 2. The molecule has 0 aromatic rings. The Bertz CT molecular complexity index is 671. The minimum atomic E-state index is -0.674. The fourth-order valence-corrected chi connectivity index (χ4v) is 6.39. The fraction of sp³-hybridized carbons (Fsp3) is 0.778. The van der Waals surface area contributed by atoms with Crippen molar-refractivity contribution >= 4 is 0 Å². The Morgan fingerprint density at radius 2 is 1.70 bits per heavy atom. The van der Waals surface area contributed by atoms with Crippen molar-refractivity contribution < 1.29 is 15.3 Å². The van der Waals surface area contributed by atoms with Crippen LogP contribution in [0.3, 0.4) is 0 Å². The molecule has 3 nitrogen and oxygen atoms in total.